The number of nitro groups is 1. The maximum absolute atomic E-state index is 11.7. The van der Waals surface area contributed by atoms with Crippen molar-refractivity contribution in [1.82, 2.24) is 4.98 Å². The van der Waals surface area contributed by atoms with Gasteiger partial charge in [-0.1, -0.05) is 0 Å². The summed E-state index contributed by atoms with van der Waals surface area (Å²) in [7, 11) is 0. The van der Waals surface area contributed by atoms with Crippen LogP contribution in [0.5, 0.6) is 0 Å². The van der Waals surface area contributed by atoms with Crippen LogP contribution in [0.25, 0.3) is 0 Å². The second-order valence-corrected chi connectivity index (χ2v) is 4.93. The van der Waals surface area contributed by atoms with Crippen molar-refractivity contribution in [2.24, 2.45) is 5.92 Å². The number of hydrogen-bond donors (Lipinski definition) is 1. The van der Waals surface area contributed by atoms with Gasteiger partial charge in [-0.2, -0.15) is 0 Å². The van der Waals surface area contributed by atoms with Crippen LogP contribution >= 0.6 is 15.9 Å². The Labute approximate surface area is 111 Å². The number of rotatable bonds is 3. The van der Waals surface area contributed by atoms with Gasteiger partial charge in [-0.15, -0.1) is 0 Å². The first-order valence-corrected chi connectivity index (χ1v) is 6.03. The van der Waals surface area contributed by atoms with Crippen LogP contribution in [0.4, 0.5) is 11.5 Å². The molecule has 2 heterocycles. The average Bonchev–Trinajstić information content (AvgIpc) is 2.70. The lowest BCUT2D eigenvalue weighted by Crippen LogP contribution is -2.26. The highest BCUT2D eigenvalue weighted by atomic mass is 79.9. The topological polar surface area (TPSA) is 96.6 Å². The van der Waals surface area contributed by atoms with Gasteiger partial charge >= 0.3 is 5.69 Å². The molecule has 1 unspecified atom stereocenters. The van der Waals surface area contributed by atoms with Gasteiger partial charge in [-0.05, 0) is 15.9 Å². The number of pyridine rings is 1. The Balaban J connectivity index is 2.39. The van der Waals surface area contributed by atoms with Crippen LogP contribution in [0.15, 0.2) is 16.7 Å². The van der Waals surface area contributed by atoms with E-state index in [1.807, 2.05) is 0 Å². The summed E-state index contributed by atoms with van der Waals surface area (Å²) in [6.45, 7) is 0.136. The van der Waals surface area contributed by atoms with Gasteiger partial charge < -0.3 is 5.11 Å². The smallest absolute Gasteiger partial charge is 0.313 e. The number of aliphatic hydroxyl groups excluding tert-OH is 1. The zero-order chi connectivity index (χ0) is 13.3. The lowest BCUT2D eigenvalue weighted by molar-refractivity contribution is -0.384. The van der Waals surface area contributed by atoms with Crippen LogP contribution < -0.4 is 4.90 Å². The lowest BCUT2D eigenvalue weighted by atomic mass is 10.1. The van der Waals surface area contributed by atoms with E-state index in [1.54, 1.807) is 0 Å². The third-order valence-corrected chi connectivity index (χ3v) is 3.16. The maximum atomic E-state index is 11.7. The predicted molar refractivity (Wildman–Crippen MR) is 66.1 cm³/mol. The minimum atomic E-state index is -0.577. The van der Waals surface area contributed by atoms with Crippen molar-refractivity contribution in [2.45, 2.75) is 6.42 Å². The molecule has 7 nitrogen and oxygen atoms in total. The summed E-state index contributed by atoms with van der Waals surface area (Å²) in [5, 5.41) is 20.0. The normalized spacial score (nSPS) is 19.3. The van der Waals surface area contributed by atoms with Crippen molar-refractivity contribution in [3.63, 3.8) is 0 Å². The fourth-order valence-electron chi connectivity index (χ4n) is 1.87. The van der Waals surface area contributed by atoms with Gasteiger partial charge in [0.2, 0.25) is 11.7 Å². The van der Waals surface area contributed by atoms with E-state index in [4.69, 9.17) is 5.11 Å². The standard InChI is InChI=1S/C10H10BrN3O4/c11-7-2-8(14(17)18)10(12-3-7)13-4-6(5-15)1-9(13)16/h2-3,6,15H,1,4-5H2. The van der Waals surface area contributed by atoms with Crippen molar-refractivity contribution < 1.29 is 14.8 Å². The minimum Gasteiger partial charge on any atom is -0.396 e. The predicted octanol–water partition coefficient (Wildman–Crippen LogP) is 1.10. The number of halogens is 1. The monoisotopic (exact) mass is 315 g/mol. The second-order valence-electron chi connectivity index (χ2n) is 4.01. The molecular weight excluding hydrogens is 306 g/mol. The number of hydrogen-bond acceptors (Lipinski definition) is 5. The Bertz CT molecular complexity index is 508. The molecular formula is C10H10BrN3O4. The van der Waals surface area contributed by atoms with Crippen molar-refractivity contribution >= 4 is 33.3 Å². The summed E-state index contributed by atoms with van der Waals surface area (Å²) in [5.41, 5.74) is -0.226. The van der Waals surface area contributed by atoms with Crippen LogP contribution in [0, 0.1) is 16.0 Å². The molecule has 1 aromatic rings. The van der Waals surface area contributed by atoms with E-state index in [-0.39, 0.29) is 42.9 Å². The van der Waals surface area contributed by atoms with Gasteiger partial charge in [0, 0.05) is 42.2 Å². The molecule has 0 spiro atoms. The molecule has 0 aromatic carbocycles. The van der Waals surface area contributed by atoms with Crippen molar-refractivity contribution in [1.29, 1.82) is 0 Å². The van der Waals surface area contributed by atoms with E-state index in [1.165, 1.54) is 17.2 Å². The zero-order valence-corrected chi connectivity index (χ0v) is 10.8. The number of carbonyl (C=O) groups is 1. The molecule has 2 rings (SSSR count). The highest BCUT2D eigenvalue weighted by Crippen LogP contribution is 2.32. The molecule has 1 N–H and O–H groups in total. The Hall–Kier alpha value is -1.54. The molecule has 1 aromatic heterocycles. The second kappa shape index (κ2) is 4.99. The Morgan fingerprint density at radius 3 is 2.94 bits per heavy atom. The number of amides is 1. The summed E-state index contributed by atoms with van der Waals surface area (Å²) in [6, 6.07) is 1.31. The molecule has 0 radical (unpaired) electrons. The first kappa shape index (κ1) is 12.9. The fourth-order valence-corrected chi connectivity index (χ4v) is 2.19. The van der Waals surface area contributed by atoms with Gasteiger partial charge in [0.05, 0.1) is 4.92 Å². The Morgan fingerprint density at radius 1 is 1.67 bits per heavy atom. The van der Waals surface area contributed by atoms with Gasteiger partial charge in [0.15, 0.2) is 0 Å². The molecule has 0 bridgehead atoms. The quantitative estimate of drug-likeness (QED) is 0.665. The fraction of sp³-hybridized carbons (Fsp3) is 0.400. The van der Waals surface area contributed by atoms with Crippen LogP contribution in [0.1, 0.15) is 6.42 Å². The highest BCUT2D eigenvalue weighted by molar-refractivity contribution is 9.10. The van der Waals surface area contributed by atoms with Crippen LogP contribution in [0.3, 0.4) is 0 Å². The van der Waals surface area contributed by atoms with Gasteiger partial charge in [-0.25, -0.2) is 4.98 Å². The van der Waals surface area contributed by atoms with E-state index in [9.17, 15) is 14.9 Å². The average molecular weight is 316 g/mol. The number of carbonyl (C=O) groups excluding carboxylic acids is 1. The van der Waals surface area contributed by atoms with E-state index in [0.29, 0.717) is 4.47 Å². The number of nitrogens with zero attached hydrogens (tertiary/aromatic N) is 3. The Kier molecular flexibility index (Phi) is 3.58. The lowest BCUT2D eigenvalue weighted by Gasteiger charge is -2.15. The van der Waals surface area contributed by atoms with Gasteiger partial charge in [0.1, 0.15) is 0 Å². The largest absolute Gasteiger partial charge is 0.396 e. The van der Waals surface area contributed by atoms with Gasteiger partial charge in [0.25, 0.3) is 0 Å². The third-order valence-electron chi connectivity index (χ3n) is 2.73. The molecule has 96 valence electrons. The summed E-state index contributed by atoms with van der Waals surface area (Å²) >= 11 is 3.10. The summed E-state index contributed by atoms with van der Waals surface area (Å²) < 4.78 is 0.475. The van der Waals surface area contributed by atoms with Crippen LogP contribution in [-0.4, -0.2) is 34.1 Å². The number of aliphatic hydroxyl groups is 1. The third kappa shape index (κ3) is 2.34. The molecule has 0 aliphatic carbocycles. The molecule has 0 saturated carbocycles. The van der Waals surface area contributed by atoms with E-state index in [0.717, 1.165) is 0 Å². The van der Waals surface area contributed by atoms with E-state index < -0.39 is 4.92 Å². The molecule has 1 fully saturated rings. The minimum absolute atomic E-state index is 0.0316. The molecule has 1 saturated heterocycles. The summed E-state index contributed by atoms with van der Waals surface area (Å²) in [5.74, 6) is -0.418. The maximum Gasteiger partial charge on any atom is 0.313 e. The zero-order valence-electron chi connectivity index (χ0n) is 9.24. The summed E-state index contributed by atoms with van der Waals surface area (Å²) in [6.07, 6.45) is 1.59. The Morgan fingerprint density at radius 2 is 2.39 bits per heavy atom. The van der Waals surface area contributed by atoms with Crippen molar-refractivity contribution in [3.8, 4) is 0 Å². The molecule has 18 heavy (non-hydrogen) atoms. The molecule has 1 atom stereocenters. The van der Waals surface area contributed by atoms with Crippen LogP contribution in [0.2, 0.25) is 0 Å². The first-order valence-electron chi connectivity index (χ1n) is 5.24. The van der Waals surface area contributed by atoms with E-state index >= 15 is 0 Å². The molecule has 1 aliphatic heterocycles. The van der Waals surface area contributed by atoms with E-state index in [2.05, 4.69) is 20.9 Å². The van der Waals surface area contributed by atoms with Gasteiger partial charge in [-0.3, -0.25) is 19.8 Å². The SMILES string of the molecule is O=C1CC(CO)CN1c1ncc(Br)cc1[N+](=O)[O-]. The molecule has 1 aliphatic rings. The number of anilines is 1. The molecule has 1 amide bonds. The first-order chi connectivity index (χ1) is 8.52. The van der Waals surface area contributed by atoms with Crippen molar-refractivity contribution in [2.75, 3.05) is 18.1 Å². The van der Waals surface area contributed by atoms with Crippen molar-refractivity contribution in [3.05, 3.63) is 26.9 Å². The van der Waals surface area contributed by atoms with Crippen LogP contribution in [-0.2, 0) is 4.79 Å². The molecule has 8 heteroatoms. The highest BCUT2D eigenvalue weighted by Gasteiger charge is 2.34. The summed E-state index contributed by atoms with van der Waals surface area (Å²) in [4.78, 5) is 27.3. The number of aromatic nitrogens is 1.